The summed E-state index contributed by atoms with van der Waals surface area (Å²) in [7, 11) is 0. The summed E-state index contributed by atoms with van der Waals surface area (Å²) in [5, 5.41) is 0. The molecule has 84 valence electrons. The molecule has 2 aliphatic heterocycles. The van der Waals surface area contributed by atoms with E-state index in [9.17, 15) is 0 Å². The number of aliphatic imine (C=N–C) groups is 1. The second kappa shape index (κ2) is 3.59. The molecule has 1 aromatic carbocycles. The van der Waals surface area contributed by atoms with Gasteiger partial charge in [-0.25, -0.2) is 0 Å². The second-order valence-electron chi connectivity index (χ2n) is 4.56. The zero-order valence-corrected chi connectivity index (χ0v) is 9.73. The predicted octanol–water partition coefficient (Wildman–Crippen LogP) is 2.18. The summed E-state index contributed by atoms with van der Waals surface area (Å²) in [5.41, 5.74) is 5.33. The highest BCUT2D eigenvalue weighted by Gasteiger charge is 2.29. The molecule has 0 bridgehead atoms. The van der Waals surface area contributed by atoms with Gasteiger partial charge in [0.2, 0.25) is 0 Å². The van der Waals surface area contributed by atoms with Crippen LogP contribution in [-0.4, -0.2) is 24.3 Å². The summed E-state index contributed by atoms with van der Waals surface area (Å²) < 4.78 is 5.85. The van der Waals surface area contributed by atoms with Gasteiger partial charge in [0.25, 0.3) is 0 Å². The van der Waals surface area contributed by atoms with Crippen LogP contribution in [0.3, 0.4) is 0 Å². The maximum Gasteiger partial charge on any atom is 0.157 e. The van der Waals surface area contributed by atoms with Crippen molar-refractivity contribution in [2.24, 2.45) is 4.99 Å². The molecule has 0 N–H and O–H groups in total. The molecule has 0 spiro atoms. The topological polar surface area (TPSA) is 24.8 Å². The van der Waals surface area contributed by atoms with Crippen molar-refractivity contribution in [2.75, 3.05) is 13.1 Å². The summed E-state index contributed by atoms with van der Waals surface area (Å²) in [5.74, 6) is 0. The first-order valence-electron chi connectivity index (χ1n) is 5.73. The first-order chi connectivity index (χ1) is 7.75. The van der Waals surface area contributed by atoms with E-state index in [1.165, 1.54) is 22.3 Å². The molecule has 1 aromatic rings. The van der Waals surface area contributed by atoms with E-state index in [4.69, 9.17) is 4.74 Å². The quantitative estimate of drug-likeness (QED) is 0.718. The third-order valence-corrected chi connectivity index (χ3v) is 3.44. The van der Waals surface area contributed by atoms with Crippen LogP contribution in [0.15, 0.2) is 17.1 Å². The maximum atomic E-state index is 5.85. The van der Waals surface area contributed by atoms with E-state index in [1.807, 2.05) is 6.34 Å². The zero-order chi connectivity index (χ0) is 11.1. The fourth-order valence-corrected chi connectivity index (χ4v) is 2.36. The smallest absolute Gasteiger partial charge is 0.157 e. The molecule has 1 atom stereocenters. The van der Waals surface area contributed by atoms with E-state index < -0.39 is 0 Å². The Hall–Kier alpha value is -1.35. The number of rotatable bonds is 1. The van der Waals surface area contributed by atoms with Gasteiger partial charge in [-0.15, -0.1) is 0 Å². The molecule has 2 heterocycles. The van der Waals surface area contributed by atoms with Crippen LogP contribution in [0.25, 0.3) is 0 Å². The summed E-state index contributed by atoms with van der Waals surface area (Å²) in [6.07, 6.45) is 2.00. The van der Waals surface area contributed by atoms with Crippen LogP contribution in [0.5, 0.6) is 0 Å². The number of fused-ring (bicyclic) bond motifs is 1. The molecule has 2 aliphatic rings. The van der Waals surface area contributed by atoms with Gasteiger partial charge in [0.05, 0.1) is 19.5 Å². The van der Waals surface area contributed by atoms with Crippen molar-refractivity contribution in [3.8, 4) is 0 Å². The molecule has 0 saturated heterocycles. The summed E-state index contributed by atoms with van der Waals surface area (Å²) in [6.45, 7) is 6.89. The Morgan fingerprint density at radius 1 is 1.31 bits per heavy atom. The Balaban J connectivity index is 1.98. The van der Waals surface area contributed by atoms with Gasteiger partial charge in [-0.3, -0.25) is 4.99 Å². The number of aryl methyl sites for hydroxylation is 2. The van der Waals surface area contributed by atoms with Crippen LogP contribution >= 0.6 is 0 Å². The minimum Gasteiger partial charge on any atom is -0.349 e. The highest BCUT2D eigenvalue weighted by atomic mass is 16.5. The molecule has 0 amide bonds. The molecule has 3 rings (SSSR count). The Morgan fingerprint density at radius 3 is 2.88 bits per heavy atom. The average molecular weight is 216 g/mol. The summed E-state index contributed by atoms with van der Waals surface area (Å²) in [4.78, 5) is 6.42. The summed E-state index contributed by atoms with van der Waals surface area (Å²) in [6, 6.07) is 4.51. The number of benzene rings is 1. The molecule has 3 heteroatoms. The molecule has 0 aromatic heterocycles. The lowest BCUT2D eigenvalue weighted by molar-refractivity contribution is -0.0101. The Labute approximate surface area is 95.7 Å². The van der Waals surface area contributed by atoms with Crippen LogP contribution in [0.1, 0.15) is 28.5 Å². The zero-order valence-electron chi connectivity index (χ0n) is 9.73. The fourth-order valence-electron chi connectivity index (χ4n) is 2.36. The molecule has 1 unspecified atom stereocenters. The van der Waals surface area contributed by atoms with Crippen LogP contribution in [0.2, 0.25) is 0 Å². The van der Waals surface area contributed by atoms with E-state index in [2.05, 4.69) is 35.9 Å². The van der Waals surface area contributed by atoms with Gasteiger partial charge in [0.1, 0.15) is 0 Å². The number of hydrogen-bond donors (Lipinski definition) is 0. The van der Waals surface area contributed by atoms with E-state index in [-0.39, 0.29) is 6.23 Å². The van der Waals surface area contributed by atoms with E-state index in [0.29, 0.717) is 0 Å². The van der Waals surface area contributed by atoms with Gasteiger partial charge in [-0.2, -0.15) is 0 Å². The normalized spacial score (nSPS) is 22.9. The molecule has 3 nitrogen and oxygen atoms in total. The van der Waals surface area contributed by atoms with E-state index in [0.717, 1.165) is 19.7 Å². The number of nitrogens with zero attached hydrogens (tertiary/aromatic N) is 2. The Morgan fingerprint density at radius 2 is 2.12 bits per heavy atom. The van der Waals surface area contributed by atoms with Gasteiger partial charge in [0.15, 0.2) is 6.23 Å². The minimum absolute atomic E-state index is 0.0838. The molecule has 0 fully saturated rings. The molecule has 0 aliphatic carbocycles. The lowest BCUT2D eigenvalue weighted by Crippen LogP contribution is -2.25. The first-order valence-corrected chi connectivity index (χ1v) is 5.73. The number of ether oxygens (including phenoxy) is 1. The van der Waals surface area contributed by atoms with Crippen molar-refractivity contribution in [2.45, 2.75) is 26.7 Å². The largest absolute Gasteiger partial charge is 0.349 e. The van der Waals surface area contributed by atoms with Gasteiger partial charge in [-0.1, -0.05) is 12.1 Å². The van der Waals surface area contributed by atoms with Crippen molar-refractivity contribution in [3.05, 3.63) is 34.4 Å². The van der Waals surface area contributed by atoms with Crippen LogP contribution in [0, 0.1) is 13.8 Å². The van der Waals surface area contributed by atoms with E-state index in [1.54, 1.807) is 0 Å². The van der Waals surface area contributed by atoms with Gasteiger partial charge < -0.3 is 9.64 Å². The Bertz CT molecular complexity index is 453. The SMILES string of the molecule is Cc1cc2c(cc1C)C(N1C=NCC1)OC2. The monoisotopic (exact) mass is 216 g/mol. The Kier molecular flexibility index (Phi) is 2.21. The molecular formula is C13H16N2O. The maximum absolute atomic E-state index is 5.85. The standard InChI is InChI=1S/C13H16N2O/c1-9-5-11-7-16-13(12(11)6-10(9)2)15-4-3-14-8-15/h5-6,8,13H,3-4,7H2,1-2H3. The van der Waals surface area contributed by atoms with Gasteiger partial charge in [-0.05, 0) is 30.5 Å². The number of hydrogen-bond acceptors (Lipinski definition) is 3. The van der Waals surface area contributed by atoms with Crippen molar-refractivity contribution in [3.63, 3.8) is 0 Å². The predicted molar refractivity (Wildman–Crippen MR) is 63.5 cm³/mol. The van der Waals surface area contributed by atoms with Gasteiger partial charge >= 0.3 is 0 Å². The van der Waals surface area contributed by atoms with Crippen molar-refractivity contribution in [1.29, 1.82) is 0 Å². The lowest BCUT2D eigenvalue weighted by Gasteiger charge is -2.22. The third kappa shape index (κ3) is 1.43. The van der Waals surface area contributed by atoms with E-state index >= 15 is 0 Å². The summed E-state index contributed by atoms with van der Waals surface area (Å²) >= 11 is 0. The van der Waals surface area contributed by atoms with Crippen LogP contribution < -0.4 is 0 Å². The highest BCUT2D eigenvalue weighted by molar-refractivity contribution is 5.58. The van der Waals surface area contributed by atoms with Crippen LogP contribution in [-0.2, 0) is 11.3 Å². The van der Waals surface area contributed by atoms with Crippen molar-refractivity contribution < 1.29 is 4.74 Å². The van der Waals surface area contributed by atoms with Crippen molar-refractivity contribution >= 4 is 6.34 Å². The lowest BCUT2D eigenvalue weighted by atomic mass is 10.0. The molecule has 0 radical (unpaired) electrons. The van der Waals surface area contributed by atoms with Crippen molar-refractivity contribution in [1.82, 2.24) is 4.90 Å². The fraction of sp³-hybridized carbons (Fsp3) is 0.462. The average Bonchev–Trinajstić information content (AvgIpc) is 2.87. The minimum atomic E-state index is 0.0838. The first kappa shape index (κ1) is 9.85. The second-order valence-corrected chi connectivity index (χ2v) is 4.56. The molecule has 0 saturated carbocycles. The van der Waals surface area contributed by atoms with Gasteiger partial charge in [0, 0.05) is 12.1 Å². The molecular weight excluding hydrogens is 200 g/mol. The van der Waals surface area contributed by atoms with Crippen LogP contribution in [0.4, 0.5) is 0 Å². The highest BCUT2D eigenvalue weighted by Crippen LogP contribution is 2.34. The molecule has 16 heavy (non-hydrogen) atoms. The third-order valence-electron chi connectivity index (χ3n) is 3.44.